The van der Waals surface area contributed by atoms with Gasteiger partial charge < -0.3 is 9.84 Å². The fourth-order valence-corrected chi connectivity index (χ4v) is 2.29. The maximum absolute atomic E-state index is 12.8. The monoisotopic (exact) mass is 375 g/mol. The predicted octanol–water partition coefficient (Wildman–Crippen LogP) is 4.16. The zero-order valence-corrected chi connectivity index (χ0v) is 13.4. The van der Waals surface area contributed by atoms with Gasteiger partial charge in [0, 0.05) is 0 Å². The molecule has 2 rings (SSSR count). The third-order valence-electron chi connectivity index (χ3n) is 2.93. The Morgan fingerprint density at radius 2 is 2.00 bits per heavy atom. The van der Waals surface area contributed by atoms with Gasteiger partial charge in [0.2, 0.25) is 0 Å². The molecular formula is C17H11BrFNO3. The van der Waals surface area contributed by atoms with Crippen LogP contribution in [0.4, 0.5) is 4.39 Å². The maximum Gasteiger partial charge on any atom is 0.346 e. The summed E-state index contributed by atoms with van der Waals surface area (Å²) in [5, 5.41) is 17.6. The van der Waals surface area contributed by atoms with Gasteiger partial charge in [-0.1, -0.05) is 18.2 Å². The number of nitrogens with zero attached hydrogens (tertiary/aromatic N) is 1. The number of hydrogen-bond acceptors (Lipinski definition) is 3. The van der Waals surface area contributed by atoms with Crippen molar-refractivity contribution in [1.29, 1.82) is 5.26 Å². The normalized spacial score (nSPS) is 10.9. The molecule has 0 aromatic heterocycles. The van der Waals surface area contributed by atoms with E-state index in [0.717, 1.165) is 5.56 Å². The molecule has 0 fully saturated rings. The molecule has 0 saturated heterocycles. The summed E-state index contributed by atoms with van der Waals surface area (Å²) in [4.78, 5) is 10.8. The molecule has 0 saturated carbocycles. The van der Waals surface area contributed by atoms with Crippen LogP contribution in [0.1, 0.15) is 11.1 Å². The predicted molar refractivity (Wildman–Crippen MR) is 86.1 cm³/mol. The minimum Gasteiger partial charge on any atom is -0.488 e. The van der Waals surface area contributed by atoms with Gasteiger partial charge in [-0.3, -0.25) is 0 Å². The Kier molecular flexibility index (Phi) is 5.50. The molecule has 0 heterocycles. The van der Waals surface area contributed by atoms with Gasteiger partial charge in [-0.2, -0.15) is 5.26 Å². The second kappa shape index (κ2) is 7.56. The van der Waals surface area contributed by atoms with Crippen LogP contribution < -0.4 is 4.74 Å². The van der Waals surface area contributed by atoms with E-state index in [2.05, 4.69) is 15.9 Å². The van der Waals surface area contributed by atoms with E-state index in [1.54, 1.807) is 36.4 Å². The van der Waals surface area contributed by atoms with Crippen LogP contribution in [0.3, 0.4) is 0 Å². The number of carboxylic acid groups (broad SMARTS) is 1. The molecule has 0 spiro atoms. The molecule has 0 atom stereocenters. The van der Waals surface area contributed by atoms with Crippen molar-refractivity contribution in [2.45, 2.75) is 6.61 Å². The van der Waals surface area contributed by atoms with E-state index >= 15 is 0 Å². The standard InChI is InChI=1S/C17H11BrFNO3/c18-15-8-12(7-13(9-20)17(21)22)3-6-16(15)23-10-11-1-4-14(19)5-2-11/h1-8H,10H2,(H,21,22). The third kappa shape index (κ3) is 4.66. The lowest BCUT2D eigenvalue weighted by Gasteiger charge is -2.09. The fourth-order valence-electron chi connectivity index (χ4n) is 1.77. The van der Waals surface area contributed by atoms with Crippen LogP contribution in [-0.2, 0) is 11.4 Å². The second-order valence-corrected chi connectivity index (χ2v) is 5.43. The van der Waals surface area contributed by atoms with Crippen LogP contribution in [0, 0.1) is 17.1 Å². The van der Waals surface area contributed by atoms with Gasteiger partial charge in [0.1, 0.15) is 29.8 Å². The first kappa shape index (κ1) is 16.7. The molecule has 1 N–H and O–H groups in total. The summed E-state index contributed by atoms with van der Waals surface area (Å²) in [6.45, 7) is 0.270. The van der Waals surface area contributed by atoms with Crippen molar-refractivity contribution < 1.29 is 19.0 Å². The SMILES string of the molecule is N#CC(=Cc1ccc(OCc2ccc(F)cc2)c(Br)c1)C(=O)O. The molecule has 0 radical (unpaired) electrons. The Hall–Kier alpha value is -2.65. The van der Waals surface area contributed by atoms with Gasteiger partial charge in [-0.25, -0.2) is 9.18 Å². The Balaban J connectivity index is 2.12. The summed E-state index contributed by atoms with van der Waals surface area (Å²) < 4.78 is 19.1. The number of nitriles is 1. The van der Waals surface area contributed by atoms with E-state index in [1.165, 1.54) is 18.2 Å². The zero-order chi connectivity index (χ0) is 16.8. The Morgan fingerprint density at radius 1 is 1.30 bits per heavy atom. The number of hydrogen-bond donors (Lipinski definition) is 1. The summed E-state index contributed by atoms with van der Waals surface area (Å²) >= 11 is 3.34. The van der Waals surface area contributed by atoms with Crippen LogP contribution >= 0.6 is 15.9 Å². The van der Waals surface area contributed by atoms with Gasteiger partial charge in [0.25, 0.3) is 0 Å². The van der Waals surface area contributed by atoms with E-state index in [4.69, 9.17) is 15.1 Å². The largest absolute Gasteiger partial charge is 0.488 e. The summed E-state index contributed by atoms with van der Waals surface area (Å²) in [5.41, 5.74) is 1.03. The Labute approximate surface area is 140 Å². The molecule has 0 bridgehead atoms. The lowest BCUT2D eigenvalue weighted by Crippen LogP contribution is -1.98. The van der Waals surface area contributed by atoms with Crippen molar-refractivity contribution in [1.82, 2.24) is 0 Å². The van der Waals surface area contributed by atoms with Crippen molar-refractivity contribution in [3.8, 4) is 11.8 Å². The average Bonchev–Trinajstić information content (AvgIpc) is 2.53. The van der Waals surface area contributed by atoms with E-state index in [9.17, 15) is 9.18 Å². The summed E-state index contributed by atoms with van der Waals surface area (Å²) in [7, 11) is 0. The topological polar surface area (TPSA) is 70.3 Å². The summed E-state index contributed by atoms with van der Waals surface area (Å²) in [5.74, 6) is -1.03. The average molecular weight is 376 g/mol. The Morgan fingerprint density at radius 3 is 2.57 bits per heavy atom. The van der Waals surface area contributed by atoms with Crippen molar-refractivity contribution in [3.05, 3.63) is 69.5 Å². The van der Waals surface area contributed by atoms with Crippen molar-refractivity contribution in [2.75, 3.05) is 0 Å². The number of aliphatic carboxylic acids is 1. The molecule has 0 aliphatic carbocycles. The molecular weight excluding hydrogens is 365 g/mol. The first-order chi connectivity index (χ1) is 11.0. The number of ether oxygens (including phenoxy) is 1. The van der Waals surface area contributed by atoms with Gasteiger partial charge in [-0.15, -0.1) is 0 Å². The maximum atomic E-state index is 12.8. The first-order valence-corrected chi connectivity index (χ1v) is 7.31. The van der Waals surface area contributed by atoms with Crippen LogP contribution in [0.15, 0.2) is 52.5 Å². The van der Waals surface area contributed by atoms with E-state index in [1.807, 2.05) is 0 Å². The minimum absolute atomic E-state index is 0.270. The van der Waals surface area contributed by atoms with Crippen LogP contribution in [0.25, 0.3) is 6.08 Å². The quantitative estimate of drug-likeness (QED) is 0.629. The van der Waals surface area contributed by atoms with Crippen molar-refractivity contribution in [2.24, 2.45) is 0 Å². The highest BCUT2D eigenvalue weighted by Crippen LogP contribution is 2.27. The smallest absolute Gasteiger partial charge is 0.346 e. The van der Waals surface area contributed by atoms with Crippen LogP contribution in [-0.4, -0.2) is 11.1 Å². The molecule has 0 amide bonds. The second-order valence-electron chi connectivity index (χ2n) is 4.58. The lowest BCUT2D eigenvalue weighted by atomic mass is 10.1. The Bertz CT molecular complexity index is 794. The van der Waals surface area contributed by atoms with E-state index in [-0.39, 0.29) is 18.0 Å². The molecule has 0 unspecified atom stereocenters. The molecule has 2 aromatic rings. The molecule has 4 nitrogen and oxygen atoms in total. The highest BCUT2D eigenvalue weighted by molar-refractivity contribution is 9.10. The molecule has 6 heteroatoms. The fraction of sp³-hybridized carbons (Fsp3) is 0.0588. The van der Waals surface area contributed by atoms with Crippen LogP contribution in [0.2, 0.25) is 0 Å². The molecule has 116 valence electrons. The number of benzene rings is 2. The van der Waals surface area contributed by atoms with Gasteiger partial charge in [0.05, 0.1) is 4.47 Å². The van der Waals surface area contributed by atoms with Crippen LogP contribution in [0.5, 0.6) is 5.75 Å². The van der Waals surface area contributed by atoms with Gasteiger partial charge in [-0.05, 0) is 57.4 Å². The van der Waals surface area contributed by atoms with Gasteiger partial charge in [0.15, 0.2) is 0 Å². The number of carboxylic acids is 1. The molecule has 0 aliphatic rings. The first-order valence-electron chi connectivity index (χ1n) is 6.51. The highest BCUT2D eigenvalue weighted by Gasteiger charge is 2.07. The summed E-state index contributed by atoms with van der Waals surface area (Å²) in [6.07, 6.45) is 1.27. The number of halogens is 2. The third-order valence-corrected chi connectivity index (χ3v) is 3.55. The van der Waals surface area contributed by atoms with E-state index in [0.29, 0.717) is 15.8 Å². The zero-order valence-electron chi connectivity index (χ0n) is 11.8. The van der Waals surface area contributed by atoms with Crippen molar-refractivity contribution in [3.63, 3.8) is 0 Å². The number of carbonyl (C=O) groups is 1. The van der Waals surface area contributed by atoms with Gasteiger partial charge >= 0.3 is 5.97 Å². The molecule has 23 heavy (non-hydrogen) atoms. The minimum atomic E-state index is -1.28. The lowest BCUT2D eigenvalue weighted by molar-refractivity contribution is -0.132. The number of rotatable bonds is 5. The van der Waals surface area contributed by atoms with E-state index < -0.39 is 5.97 Å². The summed E-state index contributed by atoms with van der Waals surface area (Å²) in [6, 6.07) is 12.6. The molecule has 2 aromatic carbocycles. The highest BCUT2D eigenvalue weighted by atomic mass is 79.9. The molecule has 0 aliphatic heterocycles. The van der Waals surface area contributed by atoms with Crippen molar-refractivity contribution >= 4 is 28.0 Å².